The van der Waals surface area contributed by atoms with Crippen molar-refractivity contribution < 1.29 is 5.11 Å². The van der Waals surface area contributed by atoms with Crippen molar-refractivity contribution in [3.8, 4) is 0 Å². The molecule has 4 aliphatic carbocycles. The van der Waals surface area contributed by atoms with Crippen LogP contribution in [-0.4, -0.2) is 11.2 Å². The maximum atomic E-state index is 10.1. The molecule has 4 rings (SSSR count). The number of aliphatic hydroxyl groups excluding tert-OH is 1. The molecule has 0 amide bonds. The second-order valence-electron chi connectivity index (χ2n) is 11.6. The Kier molecular flexibility index (Phi) is 6.88. The van der Waals surface area contributed by atoms with Crippen LogP contribution in [0.3, 0.4) is 0 Å². The van der Waals surface area contributed by atoms with Gasteiger partial charge < -0.3 is 5.11 Å². The maximum absolute atomic E-state index is 10.1. The summed E-state index contributed by atoms with van der Waals surface area (Å²) in [6.45, 7) is 16.2. The zero-order chi connectivity index (χ0) is 21.4. The van der Waals surface area contributed by atoms with E-state index in [2.05, 4.69) is 72.8 Å². The maximum Gasteiger partial charge on any atom is 0.0578 e. The minimum absolute atomic E-state index is 0.110. The Morgan fingerprint density at radius 1 is 0.966 bits per heavy atom. The summed E-state index contributed by atoms with van der Waals surface area (Å²) in [7, 11) is 0. The number of allylic oxidation sites excluding steroid dienone is 5. The van der Waals surface area contributed by atoms with Gasteiger partial charge in [-0.05, 0) is 92.3 Å². The summed E-state index contributed by atoms with van der Waals surface area (Å²) in [6.07, 6.45) is 18.0. The monoisotopic (exact) mass is 398 g/mol. The molecule has 164 valence electrons. The zero-order valence-electron chi connectivity index (χ0n) is 20.2. The number of hydrogen-bond donors (Lipinski definition) is 1. The van der Waals surface area contributed by atoms with Gasteiger partial charge in [0.15, 0.2) is 0 Å². The fourth-order valence-corrected chi connectivity index (χ4v) is 7.33. The SMILES string of the molecule is C/C=C\C(C)C1CCC2C3=CC=C4CC(O)CCC4(C)C3CCC21C.CC(C)C. The molecular formula is C28H46O. The predicted octanol–water partition coefficient (Wildman–Crippen LogP) is 7.72. The summed E-state index contributed by atoms with van der Waals surface area (Å²) in [5.41, 5.74) is 4.10. The molecule has 7 unspecified atom stereocenters. The van der Waals surface area contributed by atoms with Crippen LogP contribution in [0.5, 0.6) is 0 Å². The van der Waals surface area contributed by atoms with Gasteiger partial charge in [-0.2, -0.15) is 0 Å². The van der Waals surface area contributed by atoms with Crippen molar-refractivity contribution in [2.75, 3.05) is 0 Å². The van der Waals surface area contributed by atoms with Gasteiger partial charge in [0.1, 0.15) is 0 Å². The fraction of sp³-hybridized carbons (Fsp3) is 0.786. The molecule has 7 atom stereocenters. The lowest BCUT2D eigenvalue weighted by molar-refractivity contribution is 0.0383. The Morgan fingerprint density at radius 2 is 1.66 bits per heavy atom. The molecule has 0 saturated heterocycles. The Bertz CT molecular complexity index is 665. The highest BCUT2D eigenvalue weighted by molar-refractivity contribution is 5.38. The highest BCUT2D eigenvalue weighted by atomic mass is 16.3. The molecule has 3 fully saturated rings. The van der Waals surface area contributed by atoms with Crippen LogP contribution in [0.4, 0.5) is 0 Å². The minimum atomic E-state index is -0.110. The molecule has 0 radical (unpaired) electrons. The van der Waals surface area contributed by atoms with Crippen LogP contribution < -0.4 is 0 Å². The molecule has 0 bridgehead atoms. The second-order valence-corrected chi connectivity index (χ2v) is 11.6. The summed E-state index contributed by atoms with van der Waals surface area (Å²) in [4.78, 5) is 0. The van der Waals surface area contributed by atoms with Crippen LogP contribution in [-0.2, 0) is 0 Å². The number of fused-ring (bicyclic) bond motifs is 5. The van der Waals surface area contributed by atoms with Crippen molar-refractivity contribution in [2.24, 2.45) is 40.4 Å². The van der Waals surface area contributed by atoms with E-state index in [9.17, 15) is 5.11 Å². The quantitative estimate of drug-likeness (QED) is 0.472. The lowest BCUT2D eigenvalue weighted by atomic mass is 9.50. The van der Waals surface area contributed by atoms with Gasteiger partial charge in [-0.3, -0.25) is 0 Å². The third-order valence-corrected chi connectivity index (χ3v) is 8.75. The Labute approximate surface area is 180 Å². The van der Waals surface area contributed by atoms with Crippen LogP contribution in [0.25, 0.3) is 0 Å². The van der Waals surface area contributed by atoms with E-state index >= 15 is 0 Å². The van der Waals surface area contributed by atoms with Crippen molar-refractivity contribution >= 4 is 0 Å². The molecule has 1 heteroatoms. The third kappa shape index (κ3) is 4.18. The largest absolute Gasteiger partial charge is 0.393 e. The lowest BCUT2D eigenvalue weighted by Crippen LogP contribution is -2.46. The summed E-state index contributed by atoms with van der Waals surface area (Å²) in [6, 6.07) is 0. The average molecular weight is 399 g/mol. The van der Waals surface area contributed by atoms with Crippen molar-refractivity contribution in [2.45, 2.75) is 99.5 Å². The Hall–Kier alpha value is -0.820. The Morgan fingerprint density at radius 3 is 2.31 bits per heavy atom. The topological polar surface area (TPSA) is 20.2 Å². The van der Waals surface area contributed by atoms with E-state index < -0.39 is 0 Å². The van der Waals surface area contributed by atoms with E-state index in [1.807, 2.05) is 0 Å². The highest BCUT2D eigenvalue weighted by Gasteiger charge is 2.56. The highest BCUT2D eigenvalue weighted by Crippen LogP contribution is 2.65. The van der Waals surface area contributed by atoms with Crippen molar-refractivity contribution in [1.29, 1.82) is 0 Å². The van der Waals surface area contributed by atoms with Gasteiger partial charge in [0.05, 0.1) is 6.10 Å². The van der Waals surface area contributed by atoms with E-state index in [0.717, 1.165) is 36.5 Å². The van der Waals surface area contributed by atoms with Gasteiger partial charge >= 0.3 is 0 Å². The molecular weight excluding hydrogens is 352 g/mol. The van der Waals surface area contributed by atoms with Crippen LogP contribution >= 0.6 is 0 Å². The van der Waals surface area contributed by atoms with Crippen molar-refractivity contribution in [1.82, 2.24) is 0 Å². The van der Waals surface area contributed by atoms with E-state index in [0.29, 0.717) is 16.7 Å². The lowest BCUT2D eigenvalue weighted by Gasteiger charge is -2.55. The van der Waals surface area contributed by atoms with Crippen LogP contribution in [0.2, 0.25) is 0 Å². The normalized spacial score (nSPS) is 42.2. The molecule has 1 N–H and O–H groups in total. The first kappa shape index (κ1) is 22.9. The van der Waals surface area contributed by atoms with E-state index in [1.54, 1.807) is 5.57 Å². The molecule has 1 nitrogen and oxygen atoms in total. The van der Waals surface area contributed by atoms with Gasteiger partial charge in [-0.1, -0.05) is 77.0 Å². The fourth-order valence-electron chi connectivity index (χ4n) is 7.33. The summed E-state index contributed by atoms with van der Waals surface area (Å²) in [5.74, 6) is 3.88. The van der Waals surface area contributed by atoms with Gasteiger partial charge in [0.25, 0.3) is 0 Å². The molecule has 29 heavy (non-hydrogen) atoms. The number of hydrogen-bond acceptors (Lipinski definition) is 1. The standard InChI is InChI=1S/C24H36O.C4H10/c1-5-6-16(2)20-9-10-21-19-8-7-17-15-18(25)11-13-23(17,3)22(19)12-14-24(20,21)4;1-4(2)3/h5-8,16,18,20-22,25H,9-15H2,1-4H3;4H,1-3H3/b6-5-;. The van der Waals surface area contributed by atoms with Crippen LogP contribution in [0.1, 0.15) is 93.4 Å². The van der Waals surface area contributed by atoms with E-state index in [1.165, 1.54) is 37.7 Å². The van der Waals surface area contributed by atoms with Crippen LogP contribution in [0.15, 0.2) is 35.5 Å². The molecule has 4 aliphatic rings. The van der Waals surface area contributed by atoms with Gasteiger partial charge in [0, 0.05) is 0 Å². The molecule has 0 heterocycles. The van der Waals surface area contributed by atoms with Crippen LogP contribution in [0, 0.1) is 40.4 Å². The molecule has 0 spiro atoms. The molecule has 0 aromatic heterocycles. The molecule has 3 saturated carbocycles. The summed E-state index contributed by atoms with van der Waals surface area (Å²) >= 11 is 0. The number of aliphatic hydroxyl groups is 1. The van der Waals surface area contributed by atoms with Gasteiger partial charge in [-0.15, -0.1) is 0 Å². The van der Waals surface area contributed by atoms with Gasteiger partial charge in [0.2, 0.25) is 0 Å². The number of rotatable bonds is 2. The summed E-state index contributed by atoms with van der Waals surface area (Å²) < 4.78 is 0. The average Bonchev–Trinajstić information content (AvgIpc) is 2.99. The molecule has 0 aliphatic heterocycles. The third-order valence-electron chi connectivity index (χ3n) is 8.75. The zero-order valence-corrected chi connectivity index (χ0v) is 20.2. The first-order valence-electron chi connectivity index (χ1n) is 12.4. The molecule has 0 aromatic rings. The van der Waals surface area contributed by atoms with Crippen molar-refractivity contribution in [3.05, 3.63) is 35.5 Å². The molecule has 0 aromatic carbocycles. The minimum Gasteiger partial charge on any atom is -0.393 e. The van der Waals surface area contributed by atoms with Gasteiger partial charge in [-0.25, -0.2) is 0 Å². The summed E-state index contributed by atoms with van der Waals surface area (Å²) in [5, 5.41) is 10.1. The Balaban J connectivity index is 0.000000552. The predicted molar refractivity (Wildman–Crippen MR) is 126 cm³/mol. The smallest absolute Gasteiger partial charge is 0.0578 e. The van der Waals surface area contributed by atoms with E-state index in [-0.39, 0.29) is 6.10 Å². The first-order chi connectivity index (χ1) is 13.6. The first-order valence-corrected chi connectivity index (χ1v) is 12.4. The van der Waals surface area contributed by atoms with E-state index in [4.69, 9.17) is 0 Å². The second kappa shape index (κ2) is 8.74. The van der Waals surface area contributed by atoms with Crippen molar-refractivity contribution in [3.63, 3.8) is 0 Å².